The molecule has 1 aromatic carbocycles. The second kappa shape index (κ2) is 5.51. The van der Waals surface area contributed by atoms with Crippen LogP contribution in [0, 0.1) is 5.82 Å². The molecule has 1 heterocycles. The van der Waals surface area contributed by atoms with Gasteiger partial charge in [-0.05, 0) is 40.5 Å². The van der Waals surface area contributed by atoms with E-state index in [4.69, 9.17) is 23.2 Å². The quantitative estimate of drug-likeness (QED) is 0.719. The van der Waals surface area contributed by atoms with E-state index in [1.807, 2.05) is 6.92 Å². The van der Waals surface area contributed by atoms with Gasteiger partial charge >= 0.3 is 0 Å². The van der Waals surface area contributed by atoms with Crippen LogP contribution in [0.25, 0.3) is 11.4 Å². The van der Waals surface area contributed by atoms with Crippen molar-refractivity contribution in [1.29, 1.82) is 0 Å². The second-order valence-corrected chi connectivity index (χ2v) is 5.16. The average Bonchev–Trinajstić information content (AvgIpc) is 2.32. The van der Waals surface area contributed by atoms with Crippen LogP contribution in [0.2, 0.25) is 10.3 Å². The third-order valence-corrected chi connectivity index (χ3v) is 3.67. The zero-order valence-corrected chi connectivity index (χ0v) is 12.4. The molecule has 0 atom stereocenters. The van der Waals surface area contributed by atoms with Crippen molar-refractivity contribution in [1.82, 2.24) is 9.97 Å². The molecule has 1 aromatic heterocycles. The van der Waals surface area contributed by atoms with Crippen LogP contribution >= 0.6 is 39.1 Å². The fourth-order valence-electron chi connectivity index (χ4n) is 1.49. The topological polar surface area (TPSA) is 25.8 Å². The summed E-state index contributed by atoms with van der Waals surface area (Å²) < 4.78 is 13.5. The highest BCUT2D eigenvalue weighted by Crippen LogP contribution is 2.28. The van der Waals surface area contributed by atoms with Crippen molar-refractivity contribution in [2.24, 2.45) is 0 Å². The third-order valence-electron chi connectivity index (χ3n) is 2.44. The van der Waals surface area contributed by atoms with E-state index in [1.54, 1.807) is 12.1 Å². The number of benzene rings is 1. The van der Waals surface area contributed by atoms with Gasteiger partial charge in [0, 0.05) is 11.1 Å². The summed E-state index contributed by atoms with van der Waals surface area (Å²) >= 11 is 15.2. The van der Waals surface area contributed by atoms with Gasteiger partial charge in [-0.3, -0.25) is 0 Å². The van der Waals surface area contributed by atoms with Gasteiger partial charge in [0.05, 0.1) is 4.47 Å². The molecular weight excluding hydrogens is 342 g/mol. The van der Waals surface area contributed by atoms with Crippen molar-refractivity contribution in [2.75, 3.05) is 0 Å². The van der Waals surface area contributed by atoms with Crippen molar-refractivity contribution in [3.05, 3.63) is 44.4 Å². The summed E-state index contributed by atoms with van der Waals surface area (Å²) in [7, 11) is 0. The molecule has 94 valence electrons. The van der Waals surface area contributed by atoms with Gasteiger partial charge in [-0.2, -0.15) is 0 Å². The Balaban J connectivity index is 2.54. The first-order valence-corrected chi connectivity index (χ1v) is 6.75. The molecule has 0 aliphatic carbocycles. The fourth-order valence-corrected chi connectivity index (χ4v) is 2.52. The maximum Gasteiger partial charge on any atom is 0.162 e. The molecule has 0 unspecified atom stereocenters. The summed E-state index contributed by atoms with van der Waals surface area (Å²) in [6.07, 6.45) is 0.658. The monoisotopic (exact) mass is 348 g/mol. The minimum atomic E-state index is -0.346. The summed E-state index contributed by atoms with van der Waals surface area (Å²) in [6, 6.07) is 4.50. The summed E-state index contributed by atoms with van der Waals surface area (Å²) in [5.74, 6) is 0.0315. The van der Waals surface area contributed by atoms with E-state index in [0.29, 0.717) is 38.2 Å². The number of hydrogen-bond donors (Lipinski definition) is 0. The molecule has 2 rings (SSSR count). The van der Waals surface area contributed by atoms with Crippen molar-refractivity contribution in [2.45, 2.75) is 13.3 Å². The Bertz CT molecular complexity index is 582. The second-order valence-electron chi connectivity index (χ2n) is 3.59. The van der Waals surface area contributed by atoms with Gasteiger partial charge in [0.15, 0.2) is 5.82 Å². The first kappa shape index (κ1) is 13.7. The molecule has 0 N–H and O–H groups in total. The lowest BCUT2D eigenvalue weighted by molar-refractivity contribution is 0.621. The normalized spacial score (nSPS) is 10.7. The Kier molecular flexibility index (Phi) is 4.20. The summed E-state index contributed by atoms with van der Waals surface area (Å²) in [5.41, 5.74) is 1.36. The zero-order valence-electron chi connectivity index (χ0n) is 9.35. The maximum atomic E-state index is 13.2. The van der Waals surface area contributed by atoms with Crippen LogP contribution in [0.3, 0.4) is 0 Å². The van der Waals surface area contributed by atoms with Crippen LogP contribution in [0.1, 0.15) is 12.5 Å². The molecule has 0 saturated carbocycles. The molecule has 0 aliphatic rings. The lowest BCUT2D eigenvalue weighted by Crippen LogP contribution is -1.96. The number of aromatic nitrogens is 2. The van der Waals surface area contributed by atoms with Gasteiger partial charge in [0.1, 0.15) is 16.1 Å². The van der Waals surface area contributed by atoms with Gasteiger partial charge in [0.25, 0.3) is 0 Å². The minimum Gasteiger partial charge on any atom is -0.216 e. The molecule has 0 fully saturated rings. The van der Waals surface area contributed by atoms with Gasteiger partial charge in [-0.15, -0.1) is 0 Å². The first-order valence-electron chi connectivity index (χ1n) is 5.20. The highest BCUT2D eigenvalue weighted by molar-refractivity contribution is 9.10. The number of rotatable bonds is 2. The van der Waals surface area contributed by atoms with Crippen LogP contribution in [0.15, 0.2) is 22.7 Å². The van der Waals surface area contributed by atoms with Crippen LogP contribution in [-0.4, -0.2) is 9.97 Å². The zero-order chi connectivity index (χ0) is 13.3. The number of halogens is 4. The highest BCUT2D eigenvalue weighted by atomic mass is 79.9. The SMILES string of the molecule is CCc1c(Cl)nc(-c2ccc(F)c(Br)c2)nc1Cl. The highest BCUT2D eigenvalue weighted by Gasteiger charge is 2.12. The molecule has 0 bridgehead atoms. The van der Waals surface area contributed by atoms with E-state index in [-0.39, 0.29) is 5.82 Å². The summed E-state index contributed by atoms with van der Waals surface area (Å²) in [5, 5.41) is 0.654. The third kappa shape index (κ3) is 2.66. The summed E-state index contributed by atoms with van der Waals surface area (Å²) in [4.78, 5) is 8.34. The largest absolute Gasteiger partial charge is 0.216 e. The van der Waals surface area contributed by atoms with Crippen molar-refractivity contribution in [3.8, 4) is 11.4 Å². The van der Waals surface area contributed by atoms with E-state index in [9.17, 15) is 4.39 Å². The van der Waals surface area contributed by atoms with Crippen LogP contribution in [0.5, 0.6) is 0 Å². The number of hydrogen-bond acceptors (Lipinski definition) is 2. The molecule has 0 saturated heterocycles. The van der Waals surface area contributed by atoms with Crippen molar-refractivity contribution < 1.29 is 4.39 Å². The van der Waals surface area contributed by atoms with Gasteiger partial charge in [-0.1, -0.05) is 30.1 Å². The van der Waals surface area contributed by atoms with E-state index in [0.717, 1.165) is 0 Å². The molecule has 0 radical (unpaired) electrons. The smallest absolute Gasteiger partial charge is 0.162 e. The summed E-state index contributed by atoms with van der Waals surface area (Å²) in [6.45, 7) is 1.92. The molecule has 2 aromatic rings. The molecule has 18 heavy (non-hydrogen) atoms. The predicted octanol–water partition coefficient (Wildman–Crippen LogP) is 4.91. The van der Waals surface area contributed by atoms with Crippen LogP contribution in [-0.2, 0) is 6.42 Å². The lowest BCUT2D eigenvalue weighted by Gasteiger charge is -2.07. The maximum absolute atomic E-state index is 13.2. The molecule has 2 nitrogen and oxygen atoms in total. The molecule has 0 aliphatic heterocycles. The Hall–Kier alpha value is -0.710. The Morgan fingerprint density at radius 1 is 1.22 bits per heavy atom. The fraction of sp³-hybridized carbons (Fsp3) is 0.167. The lowest BCUT2D eigenvalue weighted by atomic mass is 10.2. The average molecular weight is 350 g/mol. The van der Waals surface area contributed by atoms with Crippen molar-refractivity contribution in [3.63, 3.8) is 0 Å². The van der Waals surface area contributed by atoms with E-state index < -0.39 is 0 Å². The molecule has 0 spiro atoms. The molecular formula is C12H8BrCl2FN2. The predicted molar refractivity (Wildman–Crippen MR) is 74.5 cm³/mol. The molecule has 6 heteroatoms. The van der Waals surface area contributed by atoms with Gasteiger partial charge in [-0.25, -0.2) is 14.4 Å². The van der Waals surface area contributed by atoms with E-state index >= 15 is 0 Å². The molecule has 0 amide bonds. The number of nitrogens with zero attached hydrogens (tertiary/aromatic N) is 2. The Morgan fingerprint density at radius 3 is 2.33 bits per heavy atom. The van der Waals surface area contributed by atoms with Gasteiger partial charge < -0.3 is 0 Å². The van der Waals surface area contributed by atoms with Crippen LogP contribution in [0.4, 0.5) is 4.39 Å². The van der Waals surface area contributed by atoms with Gasteiger partial charge in [0.2, 0.25) is 0 Å². The minimum absolute atomic E-state index is 0.327. The Morgan fingerprint density at radius 2 is 1.83 bits per heavy atom. The van der Waals surface area contributed by atoms with E-state index in [1.165, 1.54) is 6.07 Å². The van der Waals surface area contributed by atoms with Crippen molar-refractivity contribution >= 4 is 39.1 Å². The standard InChI is InChI=1S/C12H8BrCl2FN2/c1-2-7-10(14)17-12(18-11(7)15)6-3-4-9(16)8(13)5-6/h3-5H,2H2,1H3. The van der Waals surface area contributed by atoms with Crippen LogP contribution < -0.4 is 0 Å². The Labute approximate surface area is 122 Å². The van der Waals surface area contributed by atoms with E-state index in [2.05, 4.69) is 25.9 Å². The first-order chi connectivity index (χ1) is 8.52.